The maximum Gasteiger partial charge on any atom is 0.257 e. The van der Waals surface area contributed by atoms with Crippen LogP contribution in [-0.2, 0) is 11.2 Å². The maximum absolute atomic E-state index is 12.1. The average Bonchev–Trinajstić information content (AvgIpc) is 2.57. The molecular weight excluding hydrogens is 473 g/mol. The average molecular weight is 488 g/mol. The fraction of sp³-hybridized carbons (Fsp3) is 0.118. The summed E-state index contributed by atoms with van der Waals surface area (Å²) in [5.74, 6) is -0.633. The van der Waals surface area contributed by atoms with Gasteiger partial charge in [-0.3, -0.25) is 25.8 Å². The normalized spacial score (nSPS) is 10.0. The van der Waals surface area contributed by atoms with Crippen molar-refractivity contribution < 1.29 is 9.59 Å². The number of carbonyl (C=O) groups excluding carboxylic acids is 2. The molecule has 3 N–H and O–H groups in total. The number of hydrogen-bond donors (Lipinski definition) is 3. The van der Waals surface area contributed by atoms with Gasteiger partial charge in [0.1, 0.15) is 0 Å². The van der Waals surface area contributed by atoms with Gasteiger partial charge in [0, 0.05) is 14.2 Å². The van der Waals surface area contributed by atoms with Crippen LogP contribution in [-0.4, -0.2) is 16.9 Å². The number of benzene rings is 2. The zero-order valence-electron chi connectivity index (χ0n) is 13.2. The van der Waals surface area contributed by atoms with E-state index >= 15 is 0 Å². The van der Waals surface area contributed by atoms with Gasteiger partial charge in [-0.2, -0.15) is 0 Å². The fourth-order valence-electron chi connectivity index (χ4n) is 1.90. The summed E-state index contributed by atoms with van der Waals surface area (Å²) in [7, 11) is 0. The molecule has 130 valence electrons. The Kier molecular flexibility index (Phi) is 7.15. The van der Waals surface area contributed by atoms with Crippen LogP contribution in [0.4, 0.5) is 0 Å². The van der Waals surface area contributed by atoms with Gasteiger partial charge in [-0.25, -0.2) is 0 Å². The monoisotopic (exact) mass is 487 g/mol. The van der Waals surface area contributed by atoms with Crippen molar-refractivity contribution in [2.24, 2.45) is 0 Å². The van der Waals surface area contributed by atoms with E-state index in [1.54, 1.807) is 36.4 Å². The number of halogens is 2. The van der Waals surface area contributed by atoms with Crippen molar-refractivity contribution in [3.63, 3.8) is 0 Å². The Bertz CT molecular complexity index is 812. The van der Waals surface area contributed by atoms with Crippen molar-refractivity contribution in [3.8, 4) is 0 Å². The SMILES string of the molecule is Cc1ccc(C(=O)NC(=S)NNC(=O)Cc2ccc(Cl)cc2)cc1I. The van der Waals surface area contributed by atoms with Crippen molar-refractivity contribution >= 4 is 63.3 Å². The number of hydrazine groups is 1. The summed E-state index contributed by atoms with van der Waals surface area (Å²) in [5, 5.41) is 3.14. The lowest BCUT2D eigenvalue weighted by Gasteiger charge is -2.11. The summed E-state index contributed by atoms with van der Waals surface area (Å²) >= 11 is 13.0. The van der Waals surface area contributed by atoms with Gasteiger partial charge >= 0.3 is 0 Å². The second-order valence-electron chi connectivity index (χ2n) is 5.22. The van der Waals surface area contributed by atoms with Gasteiger partial charge in [0.25, 0.3) is 5.91 Å². The highest BCUT2D eigenvalue weighted by atomic mass is 127. The van der Waals surface area contributed by atoms with E-state index < -0.39 is 0 Å². The highest BCUT2D eigenvalue weighted by molar-refractivity contribution is 14.1. The van der Waals surface area contributed by atoms with E-state index in [4.69, 9.17) is 23.8 Å². The molecule has 25 heavy (non-hydrogen) atoms. The number of nitrogens with one attached hydrogen (secondary N) is 3. The van der Waals surface area contributed by atoms with Gasteiger partial charge in [-0.15, -0.1) is 0 Å². The van der Waals surface area contributed by atoms with E-state index in [1.807, 2.05) is 13.0 Å². The van der Waals surface area contributed by atoms with E-state index in [9.17, 15) is 9.59 Å². The molecule has 2 rings (SSSR count). The predicted molar refractivity (Wildman–Crippen MR) is 110 cm³/mol. The molecule has 5 nitrogen and oxygen atoms in total. The molecule has 0 aliphatic heterocycles. The number of amides is 2. The Hall–Kier alpha value is -1.71. The Balaban J connectivity index is 1.81. The van der Waals surface area contributed by atoms with Crippen LogP contribution < -0.4 is 16.2 Å². The molecule has 0 aromatic heterocycles. The largest absolute Gasteiger partial charge is 0.298 e. The molecular formula is C17H15ClIN3O2S. The third kappa shape index (κ3) is 6.26. The lowest BCUT2D eigenvalue weighted by atomic mass is 10.1. The number of hydrogen-bond acceptors (Lipinski definition) is 3. The minimum atomic E-state index is -0.345. The van der Waals surface area contributed by atoms with E-state index in [0.717, 1.165) is 14.7 Å². The lowest BCUT2D eigenvalue weighted by molar-refractivity contribution is -0.121. The standard InChI is InChI=1S/C17H15ClIN3O2S/c1-10-2-5-12(9-14(10)19)16(24)20-17(25)22-21-15(23)8-11-3-6-13(18)7-4-11/h2-7,9H,8H2,1H3,(H,21,23)(H2,20,22,24,25). The highest BCUT2D eigenvalue weighted by Gasteiger charge is 2.10. The molecule has 0 fully saturated rings. The van der Waals surface area contributed by atoms with E-state index in [2.05, 4.69) is 38.8 Å². The summed E-state index contributed by atoms with van der Waals surface area (Å²) in [6.45, 7) is 1.96. The molecule has 2 amide bonds. The maximum atomic E-state index is 12.1. The van der Waals surface area contributed by atoms with Crippen molar-refractivity contribution in [1.29, 1.82) is 0 Å². The van der Waals surface area contributed by atoms with Gasteiger partial charge in [-0.05, 0) is 77.1 Å². The first-order chi connectivity index (χ1) is 11.8. The second kappa shape index (κ2) is 9.12. The summed E-state index contributed by atoms with van der Waals surface area (Å²) in [4.78, 5) is 24.0. The van der Waals surface area contributed by atoms with Crippen molar-refractivity contribution in [1.82, 2.24) is 16.2 Å². The van der Waals surface area contributed by atoms with Crippen molar-refractivity contribution in [2.45, 2.75) is 13.3 Å². The molecule has 0 heterocycles. The van der Waals surface area contributed by atoms with Crippen LogP contribution >= 0.6 is 46.4 Å². The van der Waals surface area contributed by atoms with Crippen LogP contribution in [0.1, 0.15) is 21.5 Å². The topological polar surface area (TPSA) is 70.2 Å². The van der Waals surface area contributed by atoms with Crippen LogP contribution in [0.3, 0.4) is 0 Å². The van der Waals surface area contributed by atoms with Crippen LogP contribution in [0.25, 0.3) is 0 Å². The second-order valence-corrected chi connectivity index (χ2v) is 7.23. The molecule has 2 aromatic carbocycles. The summed E-state index contributed by atoms with van der Waals surface area (Å²) in [5.41, 5.74) is 7.35. The fourth-order valence-corrected chi connectivity index (χ4v) is 2.68. The molecule has 0 aliphatic rings. The van der Waals surface area contributed by atoms with Gasteiger partial charge < -0.3 is 0 Å². The van der Waals surface area contributed by atoms with Gasteiger partial charge in [0.15, 0.2) is 5.11 Å². The van der Waals surface area contributed by atoms with Gasteiger partial charge in [-0.1, -0.05) is 29.8 Å². The number of thiocarbonyl (C=S) groups is 1. The van der Waals surface area contributed by atoms with Crippen LogP contribution in [0.15, 0.2) is 42.5 Å². The number of aryl methyl sites for hydroxylation is 1. The van der Waals surface area contributed by atoms with E-state index in [-0.39, 0.29) is 23.3 Å². The number of rotatable bonds is 3. The highest BCUT2D eigenvalue weighted by Crippen LogP contribution is 2.13. The van der Waals surface area contributed by atoms with Crippen LogP contribution in [0, 0.1) is 10.5 Å². The lowest BCUT2D eigenvalue weighted by Crippen LogP contribution is -2.48. The summed E-state index contributed by atoms with van der Waals surface area (Å²) in [6.07, 6.45) is 0.164. The third-order valence-corrected chi connectivity index (χ3v) is 4.87. The Labute approximate surface area is 169 Å². The minimum Gasteiger partial charge on any atom is -0.298 e. The summed E-state index contributed by atoms with van der Waals surface area (Å²) in [6, 6.07) is 12.3. The van der Waals surface area contributed by atoms with Crippen molar-refractivity contribution in [3.05, 3.63) is 67.7 Å². The Morgan fingerprint density at radius 3 is 2.44 bits per heavy atom. The minimum absolute atomic E-state index is 0.0186. The van der Waals surface area contributed by atoms with Gasteiger partial charge in [0.05, 0.1) is 6.42 Å². The zero-order valence-corrected chi connectivity index (χ0v) is 17.0. The van der Waals surface area contributed by atoms with Crippen LogP contribution in [0.2, 0.25) is 5.02 Å². The quantitative estimate of drug-likeness (QED) is 0.353. The molecule has 0 aliphatic carbocycles. The predicted octanol–water partition coefficient (Wildman–Crippen LogP) is 3.13. The number of carbonyl (C=O) groups is 2. The zero-order chi connectivity index (χ0) is 18.4. The first-order valence-electron chi connectivity index (χ1n) is 7.26. The summed E-state index contributed by atoms with van der Waals surface area (Å²) < 4.78 is 0.986. The van der Waals surface area contributed by atoms with E-state index in [0.29, 0.717) is 10.6 Å². The van der Waals surface area contributed by atoms with E-state index in [1.165, 1.54) is 0 Å². The molecule has 0 spiro atoms. The Morgan fingerprint density at radius 1 is 1.12 bits per heavy atom. The molecule has 2 aromatic rings. The molecule has 0 atom stereocenters. The molecule has 8 heteroatoms. The molecule has 0 bridgehead atoms. The van der Waals surface area contributed by atoms with Crippen LogP contribution in [0.5, 0.6) is 0 Å². The molecule has 0 saturated heterocycles. The smallest absolute Gasteiger partial charge is 0.257 e. The first kappa shape index (κ1) is 19.6. The third-order valence-electron chi connectivity index (χ3n) is 3.25. The van der Waals surface area contributed by atoms with Crippen molar-refractivity contribution in [2.75, 3.05) is 0 Å². The van der Waals surface area contributed by atoms with Gasteiger partial charge in [0.2, 0.25) is 5.91 Å². The Morgan fingerprint density at radius 2 is 1.80 bits per heavy atom. The molecule has 0 radical (unpaired) electrons. The first-order valence-corrected chi connectivity index (χ1v) is 9.12. The molecule has 0 unspecified atom stereocenters. The molecule has 0 saturated carbocycles.